The van der Waals surface area contributed by atoms with Crippen molar-refractivity contribution in [2.75, 3.05) is 44.9 Å². The Morgan fingerprint density at radius 2 is 0.653 bits per heavy atom. The maximum Gasteiger partial charge on any atom is 0.326 e. The zero-order valence-electron chi connectivity index (χ0n) is 83.3. The molecule has 54 heteroatoms. The first-order valence-electron chi connectivity index (χ1n) is 47.2. The van der Waals surface area contributed by atoms with Crippen LogP contribution in [0.2, 0.25) is 0 Å². The van der Waals surface area contributed by atoms with Gasteiger partial charge in [-0.25, -0.2) is 4.79 Å². The molecular weight excluding hydrogens is 1950 g/mol. The lowest BCUT2D eigenvalue weighted by atomic mass is 9.94. The van der Waals surface area contributed by atoms with Gasteiger partial charge in [0, 0.05) is 32.2 Å². The second kappa shape index (κ2) is 63.9. The number of carboxylic acid groups (broad SMARTS) is 4. The number of aliphatic hydroxyl groups is 2. The number of aliphatic hydroxyl groups excluding tert-OH is 2. The summed E-state index contributed by atoms with van der Waals surface area (Å²) in [6.07, 6.45) is -5.41. The Morgan fingerprint density at radius 1 is 0.347 bits per heavy atom. The van der Waals surface area contributed by atoms with Crippen LogP contribution >= 0.6 is 11.8 Å². The standard InChI is InChI=1S/C93H140N22O31S/c1-12-47(9)75(112-69(123)41-99-77(130)55(94)42-116)91(144)114-74(46(7)8)89(142)115-76(48(10)13-2)90(143)110-60(35-50-18-24-53(119)25-19-50)82(135)103-57(28-29-67(95)121)79(132)105-59(34-49-16-22-52(118)23-17-49)81(134)104-58(30-32-147-11)80(133)107-63(38-71(126)127)84(137)108-62(37-70(124)125)83(136)102-56(15-14-31-98-93(96)97)78(131)106-61(36-51-20-26-54(120)27-21-51)86(139)113-73(45(5)6)88(141)100-40-68(122)101-66(43-117)87(140)109-64(39-72(128)129)85(138)111-65(92(145)146)33-44(3)4/h16-27,44-48,55-66,73-76,116-120H,12-15,28-43,94H2,1-11H3,(H2,95,121)(H,99,130)(H,100,141)(H,101,122)(H,102,136)(H,103,135)(H,104,134)(H,105,132)(H,106,131)(H,107,133)(H,108,137)(H,109,140)(H,110,143)(H,111,138)(H,112,123)(H,113,139)(H,114,144)(H,115,142)(H,124,125)(H,126,127)(H,128,129)(H,145,146)(H4,96,97,98)/t47-,48-,55-,56-,57-,58-,59-,60-,61-,62-,63-,64-,65-,66-,73-,74-,75-,76-/m0/s1. The van der Waals surface area contributed by atoms with E-state index in [2.05, 4.69) is 90.4 Å². The number of amides is 18. The third kappa shape index (κ3) is 46.2. The van der Waals surface area contributed by atoms with E-state index in [1.165, 1.54) is 86.6 Å². The Bertz CT molecular complexity index is 5040. The molecule has 0 saturated carbocycles. The largest absolute Gasteiger partial charge is 0.508 e. The number of benzene rings is 3. The van der Waals surface area contributed by atoms with Crippen molar-refractivity contribution in [3.8, 4) is 17.2 Å². The number of primary amides is 1. The van der Waals surface area contributed by atoms with Gasteiger partial charge in [0.2, 0.25) is 106 Å². The number of hydrogen-bond acceptors (Lipinski definition) is 30. The minimum Gasteiger partial charge on any atom is -0.508 e. The minimum atomic E-state index is -2.30. The Balaban J connectivity index is 2.07. The van der Waals surface area contributed by atoms with Gasteiger partial charge >= 0.3 is 23.9 Å². The first kappa shape index (κ1) is 126. The number of carboxylic acids is 4. The van der Waals surface area contributed by atoms with Gasteiger partial charge in [0.05, 0.1) is 45.6 Å². The fraction of sp³-hybridized carbons (Fsp3) is 0.559. The Kier molecular flexibility index (Phi) is 54.8. The molecule has 0 aromatic heterocycles. The number of carbonyl (C=O) groups is 22. The second-order valence-electron chi connectivity index (χ2n) is 36.0. The molecule has 0 aliphatic carbocycles. The number of nitrogens with two attached hydrogens (primary N) is 3. The number of nitrogens with one attached hydrogen (secondary N) is 19. The van der Waals surface area contributed by atoms with E-state index in [1.807, 2.05) is 5.32 Å². The minimum absolute atomic E-state index is 0.000210. The number of hydrogen-bond donors (Lipinski definition) is 31. The summed E-state index contributed by atoms with van der Waals surface area (Å²) in [5.74, 6) is -31.7. The number of rotatable bonds is 67. The van der Waals surface area contributed by atoms with Gasteiger partial charge in [-0.15, -0.1) is 0 Å². The molecule has 18 atom stereocenters. The first-order valence-corrected chi connectivity index (χ1v) is 48.6. The predicted molar refractivity (Wildman–Crippen MR) is 526 cm³/mol. The summed E-state index contributed by atoms with van der Waals surface area (Å²) in [6.45, 7) is 12.2. The summed E-state index contributed by atoms with van der Waals surface area (Å²) in [4.78, 5) is 303. The molecule has 0 fully saturated rings. The van der Waals surface area contributed by atoms with E-state index in [0.717, 1.165) is 11.8 Å². The number of thioether (sulfide) groups is 1. The monoisotopic (exact) mass is 2090 g/mol. The molecule has 0 aliphatic rings. The van der Waals surface area contributed by atoms with E-state index in [4.69, 9.17) is 22.6 Å². The fourth-order valence-corrected chi connectivity index (χ4v) is 14.7. The molecule has 3 rings (SSSR count). The summed E-state index contributed by atoms with van der Waals surface area (Å²) >= 11 is 1.11. The van der Waals surface area contributed by atoms with Crippen LogP contribution in [0.15, 0.2) is 72.8 Å². The highest BCUT2D eigenvalue weighted by Crippen LogP contribution is 2.21. The number of carbonyl (C=O) groups excluding carboxylic acids is 18. The van der Waals surface area contributed by atoms with E-state index in [1.54, 1.807) is 61.6 Å². The molecule has 3 aromatic carbocycles. The highest BCUT2D eigenvalue weighted by molar-refractivity contribution is 7.98. The number of aliphatic carboxylic acids is 4. The van der Waals surface area contributed by atoms with Crippen molar-refractivity contribution in [3.05, 3.63) is 89.5 Å². The van der Waals surface area contributed by atoms with Gasteiger partial charge in [0.15, 0.2) is 5.96 Å². The zero-order chi connectivity index (χ0) is 111. The van der Waals surface area contributed by atoms with Gasteiger partial charge in [-0.05, 0) is 127 Å². The molecule has 147 heavy (non-hydrogen) atoms. The molecule has 814 valence electrons. The maximum absolute atomic E-state index is 15.1. The second-order valence-corrected chi connectivity index (χ2v) is 37.0. The molecule has 0 spiro atoms. The van der Waals surface area contributed by atoms with Crippen LogP contribution in [0, 0.1) is 35.0 Å². The van der Waals surface area contributed by atoms with Crippen LogP contribution in [0.4, 0.5) is 0 Å². The average molecular weight is 2090 g/mol. The van der Waals surface area contributed by atoms with E-state index < -0.39 is 341 Å². The Morgan fingerprint density at radius 3 is 1.01 bits per heavy atom. The van der Waals surface area contributed by atoms with E-state index in [0.29, 0.717) is 12.0 Å². The van der Waals surface area contributed by atoms with Crippen molar-refractivity contribution in [2.24, 2.45) is 46.8 Å². The quantitative estimate of drug-likeness (QED) is 0.0142. The van der Waals surface area contributed by atoms with Crippen molar-refractivity contribution in [1.82, 2.24) is 95.7 Å². The number of guanidine groups is 1. The highest BCUT2D eigenvalue weighted by Gasteiger charge is 2.42. The molecule has 0 saturated heterocycles. The number of phenolic OH excluding ortho intramolecular Hbond substituents is 3. The van der Waals surface area contributed by atoms with E-state index in [-0.39, 0.29) is 72.3 Å². The van der Waals surface area contributed by atoms with Gasteiger partial charge < -0.3 is 159 Å². The lowest BCUT2D eigenvalue weighted by molar-refractivity contribution is -0.144. The Hall–Kier alpha value is -15.1. The van der Waals surface area contributed by atoms with Crippen LogP contribution in [0.25, 0.3) is 0 Å². The summed E-state index contributed by atoms with van der Waals surface area (Å²) in [5, 5.41) is 140. The van der Waals surface area contributed by atoms with Gasteiger partial charge in [0.25, 0.3) is 0 Å². The van der Waals surface area contributed by atoms with Gasteiger partial charge in [-0.3, -0.25) is 106 Å². The van der Waals surface area contributed by atoms with Crippen molar-refractivity contribution in [3.63, 3.8) is 0 Å². The molecule has 0 bridgehead atoms. The fourth-order valence-electron chi connectivity index (χ4n) is 14.2. The SMILES string of the molecule is CC[C@H](C)[C@H](NC(=O)CNC(=O)[C@@H](N)CO)C(=O)N[C@H](C(=O)N[C@H](C(=O)N[C@@H](Cc1ccc(O)cc1)C(=O)N[C@@H](CCC(N)=O)C(=O)N[C@@H](Cc1ccc(O)cc1)C(=O)N[C@@H](CCSC)C(=O)N[C@@H](CC(=O)O)C(=O)N[C@@H](CC(=O)O)C(=O)N[C@@H](CCCNC(=N)N)C(=O)N[C@@H](Cc1ccc(O)cc1)C(=O)N[C@H](C(=O)NCC(=O)N[C@@H](CO)C(=O)N[C@@H](CC(=O)O)C(=O)N[C@@H](CC(C)C)C(=O)O)C(C)C)[C@@H](C)CC)C(C)C. The lowest BCUT2D eigenvalue weighted by Gasteiger charge is -2.31. The van der Waals surface area contributed by atoms with Crippen molar-refractivity contribution in [2.45, 2.75) is 256 Å². The van der Waals surface area contributed by atoms with Crippen LogP contribution in [0.1, 0.15) is 157 Å². The van der Waals surface area contributed by atoms with Crippen LogP contribution in [0.5, 0.6) is 17.2 Å². The van der Waals surface area contributed by atoms with Crippen molar-refractivity contribution >= 4 is 148 Å². The Labute approximate surface area is 850 Å². The van der Waals surface area contributed by atoms with E-state index in [9.17, 15) is 137 Å². The van der Waals surface area contributed by atoms with Gasteiger partial charge in [-0.2, -0.15) is 11.8 Å². The summed E-state index contributed by atoms with van der Waals surface area (Å²) in [5.41, 5.74) is 17.4. The molecule has 53 nitrogen and oxygen atoms in total. The summed E-state index contributed by atoms with van der Waals surface area (Å²) < 4.78 is 0. The predicted octanol–water partition coefficient (Wildman–Crippen LogP) is -7.11. The smallest absolute Gasteiger partial charge is 0.326 e. The molecule has 18 amide bonds. The van der Waals surface area contributed by atoms with E-state index >= 15 is 14.4 Å². The molecule has 0 unspecified atom stereocenters. The normalized spacial score (nSPS) is 14.8. The molecule has 0 radical (unpaired) electrons. The molecule has 3 aromatic rings. The average Bonchev–Trinajstić information content (AvgIpc) is 0.822. The summed E-state index contributed by atoms with van der Waals surface area (Å²) in [7, 11) is 0. The molecule has 0 aliphatic heterocycles. The zero-order valence-corrected chi connectivity index (χ0v) is 84.2. The molecule has 0 heterocycles. The van der Waals surface area contributed by atoms with Crippen LogP contribution in [-0.2, 0) is 125 Å². The van der Waals surface area contributed by atoms with Crippen molar-refractivity contribution in [1.29, 1.82) is 5.41 Å². The molecule has 34 N–H and O–H groups in total. The molecular formula is C93H140N22O31S. The first-order chi connectivity index (χ1) is 69.0. The number of aromatic hydroxyl groups is 3. The topological polar surface area (TPSA) is 876 Å². The van der Waals surface area contributed by atoms with Crippen molar-refractivity contribution < 1.29 is 151 Å². The summed E-state index contributed by atoms with van der Waals surface area (Å²) in [6, 6.07) is -12.5. The van der Waals surface area contributed by atoms with Crippen LogP contribution < -0.4 is 113 Å². The third-order valence-corrected chi connectivity index (χ3v) is 23.5. The third-order valence-electron chi connectivity index (χ3n) is 22.9. The lowest BCUT2D eigenvalue weighted by Crippen LogP contribution is -2.62. The van der Waals surface area contributed by atoms with Crippen LogP contribution in [0.3, 0.4) is 0 Å². The van der Waals surface area contributed by atoms with Crippen LogP contribution in [-0.4, -0.2) is 324 Å². The number of phenols is 3. The maximum atomic E-state index is 15.1. The van der Waals surface area contributed by atoms with Gasteiger partial charge in [0.1, 0.15) is 114 Å². The van der Waals surface area contributed by atoms with Gasteiger partial charge in [-0.1, -0.05) is 118 Å². The highest BCUT2D eigenvalue weighted by atomic mass is 32.2.